The minimum absolute atomic E-state index is 0.0941. The van der Waals surface area contributed by atoms with Crippen LogP contribution in [-0.4, -0.2) is 15.2 Å². The molecule has 0 aliphatic carbocycles. The van der Waals surface area contributed by atoms with Crippen LogP contribution in [0.25, 0.3) is 0 Å². The molecule has 0 spiro atoms. The van der Waals surface area contributed by atoms with Gasteiger partial charge in [-0.15, -0.1) is 0 Å². The number of hydrogen-bond acceptors (Lipinski definition) is 2. The molecular weight excluding hydrogens is 337 g/mol. The van der Waals surface area contributed by atoms with Gasteiger partial charge in [-0.3, -0.25) is 0 Å². The smallest absolute Gasteiger partial charge is 0.129 e. The maximum atomic E-state index is 11.0. The zero-order valence-corrected chi connectivity index (χ0v) is 14.7. The van der Waals surface area contributed by atoms with E-state index in [0.29, 0.717) is 18.3 Å². The van der Waals surface area contributed by atoms with E-state index >= 15 is 0 Å². The fraction of sp³-hybridized carbons (Fsp3) is 0.800. The van der Waals surface area contributed by atoms with Crippen LogP contribution in [0, 0.1) is 11.8 Å². The Balaban J connectivity index is 4.53. The first-order chi connectivity index (χ1) is 8.05. The van der Waals surface area contributed by atoms with Gasteiger partial charge in [0.05, 0.1) is 0 Å². The average molecular weight is 365 g/mol. The largest absolute Gasteiger partial charge is 0.324 e. The van der Waals surface area contributed by atoms with Gasteiger partial charge in [-0.2, -0.15) is 0 Å². The number of carbonyl (C=O) groups excluding carboxylic acids is 1. The fourth-order valence-electron chi connectivity index (χ4n) is 1.90. The van der Waals surface area contributed by atoms with Crippen LogP contribution in [0.1, 0.15) is 54.4 Å². The SMILES string of the molecule is CC(=O)CCC(C)/C=C(/C)C(N)C(C)C(C)(C)I. The Kier molecular flexibility index (Phi) is 7.67. The van der Waals surface area contributed by atoms with Crippen LogP contribution in [0.4, 0.5) is 0 Å². The van der Waals surface area contributed by atoms with Crippen LogP contribution in [0.5, 0.6) is 0 Å². The van der Waals surface area contributed by atoms with Gasteiger partial charge in [0, 0.05) is 15.9 Å². The van der Waals surface area contributed by atoms with E-state index in [2.05, 4.69) is 63.3 Å². The van der Waals surface area contributed by atoms with Gasteiger partial charge in [-0.25, -0.2) is 0 Å². The Bertz CT molecular complexity index is 304. The Morgan fingerprint density at radius 1 is 1.33 bits per heavy atom. The standard InChI is InChI=1S/C15H28INO/c1-10(7-8-12(3)18)9-11(2)14(17)13(4)15(5,6)16/h9-10,13-14H,7-8,17H2,1-6H3/b11-9-. The quantitative estimate of drug-likeness (QED) is 0.419. The van der Waals surface area contributed by atoms with Crippen LogP contribution in [-0.2, 0) is 4.79 Å². The van der Waals surface area contributed by atoms with Gasteiger partial charge >= 0.3 is 0 Å². The summed E-state index contributed by atoms with van der Waals surface area (Å²) in [6.45, 7) is 12.5. The molecule has 2 nitrogen and oxygen atoms in total. The first kappa shape index (κ1) is 18.1. The molecule has 0 aliphatic rings. The molecule has 3 heteroatoms. The van der Waals surface area contributed by atoms with Crippen LogP contribution in [0.3, 0.4) is 0 Å². The van der Waals surface area contributed by atoms with Gasteiger partial charge < -0.3 is 10.5 Å². The summed E-state index contributed by atoms with van der Waals surface area (Å²) in [5.41, 5.74) is 7.55. The molecule has 0 bridgehead atoms. The van der Waals surface area contributed by atoms with Gasteiger partial charge in [-0.1, -0.05) is 61.9 Å². The molecule has 0 aromatic heterocycles. The third-order valence-corrected chi connectivity index (χ3v) is 4.63. The number of allylic oxidation sites excluding steroid dienone is 1. The first-order valence-corrected chi connectivity index (χ1v) is 7.75. The normalized spacial score (nSPS) is 18.3. The molecule has 0 radical (unpaired) electrons. The van der Waals surface area contributed by atoms with Gasteiger partial charge in [0.25, 0.3) is 0 Å². The van der Waals surface area contributed by atoms with Crippen molar-refractivity contribution in [2.45, 2.75) is 63.8 Å². The summed E-state index contributed by atoms with van der Waals surface area (Å²) in [5.74, 6) is 1.11. The van der Waals surface area contributed by atoms with Gasteiger partial charge in [0.1, 0.15) is 5.78 Å². The van der Waals surface area contributed by atoms with E-state index in [1.807, 2.05) is 0 Å². The van der Waals surface area contributed by atoms with Crippen LogP contribution < -0.4 is 5.73 Å². The Morgan fingerprint density at radius 3 is 2.22 bits per heavy atom. The summed E-state index contributed by atoms with van der Waals surface area (Å²) in [5, 5.41) is 0. The molecule has 0 fully saturated rings. The summed E-state index contributed by atoms with van der Waals surface area (Å²) >= 11 is 2.46. The van der Waals surface area contributed by atoms with Crippen molar-refractivity contribution in [3.63, 3.8) is 0 Å². The third-order valence-electron chi connectivity index (χ3n) is 3.65. The average Bonchev–Trinajstić information content (AvgIpc) is 2.22. The molecule has 0 amide bonds. The van der Waals surface area contributed by atoms with Crippen molar-refractivity contribution < 1.29 is 4.79 Å². The van der Waals surface area contributed by atoms with Gasteiger partial charge in [-0.05, 0) is 32.1 Å². The lowest BCUT2D eigenvalue weighted by Crippen LogP contribution is -2.39. The predicted octanol–water partition coefficient (Wildman–Crippen LogP) is 4.12. The van der Waals surface area contributed by atoms with Crippen molar-refractivity contribution in [2.24, 2.45) is 17.6 Å². The van der Waals surface area contributed by atoms with Crippen LogP contribution >= 0.6 is 22.6 Å². The van der Waals surface area contributed by atoms with Gasteiger partial charge in [0.15, 0.2) is 0 Å². The lowest BCUT2D eigenvalue weighted by molar-refractivity contribution is -0.117. The molecule has 18 heavy (non-hydrogen) atoms. The number of rotatable bonds is 7. The first-order valence-electron chi connectivity index (χ1n) is 6.68. The maximum absolute atomic E-state index is 11.0. The van der Waals surface area contributed by atoms with E-state index in [1.54, 1.807) is 6.92 Å². The van der Waals surface area contributed by atoms with Crippen molar-refractivity contribution >= 4 is 28.4 Å². The highest BCUT2D eigenvalue weighted by Crippen LogP contribution is 2.31. The van der Waals surface area contributed by atoms with Crippen molar-refractivity contribution in [3.8, 4) is 0 Å². The minimum Gasteiger partial charge on any atom is -0.324 e. The number of halogens is 1. The van der Waals surface area contributed by atoms with E-state index in [4.69, 9.17) is 5.73 Å². The molecule has 0 aromatic carbocycles. The lowest BCUT2D eigenvalue weighted by Gasteiger charge is -2.31. The zero-order chi connectivity index (χ0) is 14.5. The van der Waals surface area contributed by atoms with Crippen molar-refractivity contribution in [1.82, 2.24) is 0 Å². The van der Waals surface area contributed by atoms with E-state index in [0.717, 1.165) is 6.42 Å². The topological polar surface area (TPSA) is 43.1 Å². The molecule has 0 aromatic rings. The van der Waals surface area contributed by atoms with Crippen molar-refractivity contribution in [1.29, 1.82) is 0 Å². The predicted molar refractivity (Wildman–Crippen MR) is 88.1 cm³/mol. The number of Topliss-reactive ketones (excluding diaryl/α,β-unsaturated/α-hetero) is 1. The van der Waals surface area contributed by atoms with Crippen molar-refractivity contribution in [2.75, 3.05) is 0 Å². The zero-order valence-electron chi connectivity index (χ0n) is 12.6. The van der Waals surface area contributed by atoms with Crippen molar-refractivity contribution in [3.05, 3.63) is 11.6 Å². The second-order valence-electron chi connectivity index (χ2n) is 6.01. The highest BCUT2D eigenvalue weighted by atomic mass is 127. The maximum Gasteiger partial charge on any atom is 0.129 e. The van der Waals surface area contributed by atoms with Crippen LogP contribution in [0.2, 0.25) is 0 Å². The summed E-state index contributed by atoms with van der Waals surface area (Å²) < 4.78 is 0.189. The monoisotopic (exact) mass is 365 g/mol. The number of carbonyl (C=O) groups is 1. The Labute approximate surface area is 126 Å². The molecule has 3 atom stereocenters. The number of nitrogens with two attached hydrogens (primary N) is 1. The minimum atomic E-state index is 0.0941. The molecule has 0 saturated heterocycles. The molecule has 106 valence electrons. The molecule has 2 N–H and O–H groups in total. The molecule has 0 heterocycles. The summed E-state index contributed by atoms with van der Waals surface area (Å²) in [6.07, 6.45) is 3.81. The molecule has 3 unspecified atom stereocenters. The number of hydrogen-bond donors (Lipinski definition) is 1. The lowest BCUT2D eigenvalue weighted by atomic mass is 9.85. The molecule has 0 rings (SSSR count). The molecular formula is C15H28INO. The summed E-state index contributed by atoms with van der Waals surface area (Å²) in [6, 6.07) is 0.0941. The second-order valence-corrected chi connectivity index (χ2v) is 8.79. The Morgan fingerprint density at radius 2 is 1.83 bits per heavy atom. The fourth-order valence-corrected chi connectivity index (χ4v) is 2.28. The Hall–Kier alpha value is 0.1000. The molecule has 0 saturated carbocycles. The number of alkyl halides is 1. The van der Waals surface area contributed by atoms with Gasteiger partial charge in [0.2, 0.25) is 0 Å². The van der Waals surface area contributed by atoms with E-state index in [-0.39, 0.29) is 15.2 Å². The molecule has 0 aliphatic heterocycles. The van der Waals surface area contributed by atoms with E-state index in [9.17, 15) is 4.79 Å². The third kappa shape index (κ3) is 6.88. The van der Waals surface area contributed by atoms with Crippen LogP contribution in [0.15, 0.2) is 11.6 Å². The summed E-state index contributed by atoms with van der Waals surface area (Å²) in [4.78, 5) is 11.0. The highest BCUT2D eigenvalue weighted by Gasteiger charge is 2.28. The number of ketones is 1. The highest BCUT2D eigenvalue weighted by molar-refractivity contribution is 14.1. The van der Waals surface area contributed by atoms with E-state index in [1.165, 1.54) is 5.57 Å². The van der Waals surface area contributed by atoms with E-state index < -0.39 is 0 Å². The summed E-state index contributed by atoms with van der Waals surface area (Å²) in [7, 11) is 0. The second kappa shape index (κ2) is 7.63.